The third-order valence-corrected chi connectivity index (χ3v) is 1.73. The number of carbonyl (C=O) groups excluding carboxylic acids is 1. The number of carbonyl (C=O) groups is 1. The molecule has 6 nitrogen and oxygen atoms in total. The number of hydrogen-bond acceptors (Lipinski definition) is 4. The van der Waals surface area contributed by atoms with E-state index in [9.17, 15) is 4.79 Å². The first-order valence-corrected chi connectivity index (χ1v) is 4.51. The summed E-state index contributed by atoms with van der Waals surface area (Å²) in [6.07, 6.45) is 3.39. The van der Waals surface area contributed by atoms with Crippen LogP contribution in [0, 0.1) is 11.3 Å². The molecule has 2 N–H and O–H groups in total. The van der Waals surface area contributed by atoms with Crippen molar-refractivity contribution in [1.29, 1.82) is 5.26 Å². The van der Waals surface area contributed by atoms with Gasteiger partial charge in [0.1, 0.15) is 6.54 Å². The highest BCUT2D eigenvalue weighted by molar-refractivity contribution is 5.75. The van der Waals surface area contributed by atoms with Gasteiger partial charge in [-0.1, -0.05) is 0 Å². The Kier molecular flexibility index (Phi) is 4.31. The van der Waals surface area contributed by atoms with Crippen molar-refractivity contribution < 1.29 is 9.90 Å². The fourth-order valence-corrected chi connectivity index (χ4v) is 1.05. The summed E-state index contributed by atoms with van der Waals surface area (Å²) in [5, 5.41) is 19.6. The maximum Gasteiger partial charge on any atom is 0.240 e. The van der Waals surface area contributed by atoms with E-state index in [-0.39, 0.29) is 19.1 Å². The molecule has 1 rings (SSSR count). The van der Waals surface area contributed by atoms with E-state index in [1.54, 1.807) is 10.8 Å². The molecule has 0 aliphatic rings. The van der Waals surface area contributed by atoms with Crippen molar-refractivity contribution in [3.05, 3.63) is 18.2 Å². The summed E-state index contributed by atoms with van der Waals surface area (Å²) in [6, 6.07) is 1.93. The van der Waals surface area contributed by atoms with E-state index in [2.05, 4.69) is 10.3 Å². The van der Waals surface area contributed by atoms with Gasteiger partial charge in [-0.25, -0.2) is 4.98 Å². The van der Waals surface area contributed by atoms with E-state index >= 15 is 0 Å². The number of nitriles is 1. The Balaban J connectivity index is 2.34. The van der Waals surface area contributed by atoms with Gasteiger partial charge in [0.2, 0.25) is 5.91 Å². The summed E-state index contributed by atoms with van der Waals surface area (Å²) in [5.74, 6) is -0.174. The summed E-state index contributed by atoms with van der Waals surface area (Å²) in [6.45, 7) is 0.373. The molecule has 0 unspecified atom stereocenters. The Bertz CT molecular complexity index is 366. The molecule has 0 saturated heterocycles. The van der Waals surface area contributed by atoms with Crippen LogP contribution in [-0.4, -0.2) is 27.1 Å². The molecule has 1 amide bonds. The molecule has 80 valence electrons. The van der Waals surface area contributed by atoms with E-state index in [0.29, 0.717) is 18.7 Å². The predicted molar refractivity (Wildman–Crippen MR) is 51.4 cm³/mol. The van der Waals surface area contributed by atoms with Crippen molar-refractivity contribution in [2.45, 2.75) is 19.6 Å². The van der Waals surface area contributed by atoms with E-state index in [4.69, 9.17) is 10.4 Å². The Labute approximate surface area is 87.2 Å². The molecule has 0 bridgehead atoms. The summed E-state index contributed by atoms with van der Waals surface area (Å²) < 4.78 is 1.58. The number of nitrogens with zero attached hydrogens (tertiary/aromatic N) is 3. The number of amides is 1. The third-order valence-electron chi connectivity index (χ3n) is 1.73. The minimum atomic E-state index is -0.174. The minimum absolute atomic E-state index is 0.136. The molecular weight excluding hydrogens is 196 g/mol. The second kappa shape index (κ2) is 5.78. The van der Waals surface area contributed by atoms with Gasteiger partial charge in [0.25, 0.3) is 0 Å². The van der Waals surface area contributed by atoms with E-state index < -0.39 is 0 Å². The summed E-state index contributed by atoms with van der Waals surface area (Å²) in [7, 11) is 0. The van der Waals surface area contributed by atoms with Gasteiger partial charge in [-0.3, -0.25) is 4.79 Å². The van der Waals surface area contributed by atoms with Crippen molar-refractivity contribution in [3.8, 4) is 6.07 Å². The summed E-state index contributed by atoms with van der Waals surface area (Å²) >= 11 is 0. The average Bonchev–Trinajstić information content (AvgIpc) is 2.66. The maximum atomic E-state index is 11.3. The summed E-state index contributed by atoms with van der Waals surface area (Å²) in [5.41, 5.74) is 0.528. The van der Waals surface area contributed by atoms with Crippen LogP contribution in [0.1, 0.15) is 12.1 Å². The van der Waals surface area contributed by atoms with Gasteiger partial charge in [0.05, 0.1) is 31.1 Å². The number of rotatable bonds is 5. The van der Waals surface area contributed by atoms with Gasteiger partial charge in [-0.2, -0.15) is 5.26 Å². The smallest absolute Gasteiger partial charge is 0.240 e. The molecule has 0 aliphatic carbocycles. The fourth-order valence-electron chi connectivity index (χ4n) is 1.05. The van der Waals surface area contributed by atoms with Crippen molar-refractivity contribution in [3.63, 3.8) is 0 Å². The van der Waals surface area contributed by atoms with E-state index in [0.717, 1.165) is 0 Å². The van der Waals surface area contributed by atoms with Crippen LogP contribution >= 0.6 is 0 Å². The van der Waals surface area contributed by atoms with Crippen LogP contribution in [-0.2, 0) is 17.9 Å². The first kappa shape index (κ1) is 11.2. The van der Waals surface area contributed by atoms with Gasteiger partial charge >= 0.3 is 0 Å². The van der Waals surface area contributed by atoms with Gasteiger partial charge in [-0.15, -0.1) is 0 Å². The zero-order valence-corrected chi connectivity index (χ0v) is 8.18. The zero-order valence-electron chi connectivity index (χ0n) is 8.18. The first-order valence-electron chi connectivity index (χ1n) is 4.51. The molecule has 0 fully saturated rings. The number of hydrogen-bond donors (Lipinski definition) is 2. The van der Waals surface area contributed by atoms with Gasteiger partial charge in [-0.05, 0) is 0 Å². The van der Waals surface area contributed by atoms with Crippen LogP contribution in [0.25, 0.3) is 0 Å². The lowest BCUT2D eigenvalue weighted by Gasteiger charge is -2.02. The molecule has 6 heteroatoms. The van der Waals surface area contributed by atoms with E-state index in [1.807, 2.05) is 6.07 Å². The highest BCUT2D eigenvalue weighted by Crippen LogP contribution is 1.95. The molecule has 0 saturated carbocycles. The van der Waals surface area contributed by atoms with Crippen LogP contribution in [0.5, 0.6) is 0 Å². The van der Waals surface area contributed by atoms with Gasteiger partial charge < -0.3 is 15.0 Å². The lowest BCUT2D eigenvalue weighted by atomic mass is 10.4. The average molecular weight is 208 g/mol. The van der Waals surface area contributed by atoms with Crippen LogP contribution in [0.4, 0.5) is 0 Å². The van der Waals surface area contributed by atoms with E-state index in [1.165, 1.54) is 6.33 Å². The molecule has 0 atom stereocenters. The number of imidazole rings is 1. The molecule has 0 aliphatic heterocycles. The fraction of sp³-hybridized carbons (Fsp3) is 0.444. The first-order chi connectivity index (χ1) is 7.26. The van der Waals surface area contributed by atoms with Gasteiger partial charge in [0, 0.05) is 12.7 Å². The topological polar surface area (TPSA) is 90.9 Å². The number of nitrogens with one attached hydrogen (secondary N) is 1. The maximum absolute atomic E-state index is 11.3. The third kappa shape index (κ3) is 3.79. The molecule has 1 aromatic heterocycles. The normalized spacial score (nSPS) is 9.60. The lowest BCUT2D eigenvalue weighted by molar-refractivity contribution is -0.121. The number of aromatic nitrogens is 2. The molecule has 1 heterocycles. The van der Waals surface area contributed by atoms with Crippen LogP contribution in [0.15, 0.2) is 12.5 Å². The SMILES string of the molecule is N#CCCNC(=O)Cn1cnc(CO)c1. The largest absolute Gasteiger partial charge is 0.390 e. The Hall–Kier alpha value is -1.87. The summed E-state index contributed by atoms with van der Waals surface area (Å²) in [4.78, 5) is 15.1. The van der Waals surface area contributed by atoms with Crippen molar-refractivity contribution in [2.24, 2.45) is 0 Å². The predicted octanol–water partition coefficient (Wildman–Crippen LogP) is -0.595. The van der Waals surface area contributed by atoms with Crippen LogP contribution in [0.2, 0.25) is 0 Å². The van der Waals surface area contributed by atoms with Gasteiger partial charge in [0.15, 0.2) is 0 Å². The highest BCUT2D eigenvalue weighted by Gasteiger charge is 2.02. The Morgan fingerprint density at radius 1 is 1.73 bits per heavy atom. The van der Waals surface area contributed by atoms with Crippen molar-refractivity contribution in [1.82, 2.24) is 14.9 Å². The standard InChI is InChI=1S/C9H12N4O2/c10-2-1-3-11-9(15)5-13-4-8(6-14)12-7-13/h4,7,14H,1,3,5-6H2,(H,11,15). The van der Waals surface area contributed by atoms with Crippen LogP contribution in [0.3, 0.4) is 0 Å². The Morgan fingerprint density at radius 3 is 3.13 bits per heavy atom. The monoisotopic (exact) mass is 208 g/mol. The second-order valence-corrected chi connectivity index (χ2v) is 2.95. The molecule has 15 heavy (non-hydrogen) atoms. The highest BCUT2D eigenvalue weighted by atomic mass is 16.3. The van der Waals surface area contributed by atoms with Crippen LogP contribution < -0.4 is 5.32 Å². The minimum Gasteiger partial charge on any atom is -0.390 e. The molecule has 0 aromatic carbocycles. The quantitative estimate of drug-likeness (QED) is 0.632. The number of aliphatic hydroxyl groups is 1. The molecule has 1 aromatic rings. The molecular formula is C9H12N4O2. The van der Waals surface area contributed by atoms with Crippen molar-refractivity contribution in [2.75, 3.05) is 6.54 Å². The lowest BCUT2D eigenvalue weighted by Crippen LogP contribution is -2.27. The zero-order chi connectivity index (χ0) is 11.1. The second-order valence-electron chi connectivity index (χ2n) is 2.95. The molecule has 0 radical (unpaired) electrons. The number of aliphatic hydroxyl groups excluding tert-OH is 1. The van der Waals surface area contributed by atoms with Crippen molar-refractivity contribution >= 4 is 5.91 Å². The molecule has 0 spiro atoms. The Morgan fingerprint density at radius 2 is 2.53 bits per heavy atom.